The Hall–Kier alpha value is -5.14. The molecular weight excluding hydrogens is 603 g/mol. The van der Waals surface area contributed by atoms with Crippen LogP contribution in [0.25, 0.3) is 22.3 Å². The van der Waals surface area contributed by atoms with Crippen LogP contribution in [0.1, 0.15) is 34.3 Å². The van der Waals surface area contributed by atoms with Gasteiger partial charge in [-0.1, -0.05) is 60.7 Å². The Morgan fingerprint density at radius 3 is 2.29 bits per heavy atom. The molecule has 1 saturated heterocycles. The van der Waals surface area contributed by atoms with Gasteiger partial charge < -0.3 is 19.5 Å². The lowest BCUT2D eigenvalue weighted by Gasteiger charge is -2.32. The monoisotopic (exact) mass is 644 g/mol. The van der Waals surface area contributed by atoms with Gasteiger partial charge in [0.1, 0.15) is 29.2 Å². The van der Waals surface area contributed by atoms with Crippen LogP contribution in [-0.2, 0) is 13.0 Å². The summed E-state index contributed by atoms with van der Waals surface area (Å²) in [6.07, 6.45) is 2.57. The maximum Gasteiger partial charge on any atom is 0.251 e. The minimum Gasteiger partial charge on any atom is -0.497 e. The van der Waals surface area contributed by atoms with Crippen molar-refractivity contribution in [2.24, 2.45) is 0 Å². The second kappa shape index (κ2) is 15.6. The zero-order chi connectivity index (χ0) is 33.3. The van der Waals surface area contributed by atoms with E-state index in [9.17, 15) is 9.18 Å². The molecule has 1 N–H and O–H groups in total. The average Bonchev–Trinajstić information content (AvgIpc) is 3.13. The van der Waals surface area contributed by atoms with E-state index in [0.29, 0.717) is 24.3 Å². The zero-order valence-corrected chi connectivity index (χ0v) is 27.5. The Morgan fingerprint density at radius 1 is 0.771 bits per heavy atom. The van der Waals surface area contributed by atoms with E-state index >= 15 is 0 Å². The number of methoxy groups -OCH3 is 2. The highest BCUT2D eigenvalue weighted by molar-refractivity contribution is 5.96. The van der Waals surface area contributed by atoms with Crippen LogP contribution < -0.4 is 19.5 Å². The number of ether oxygens (including phenoxy) is 3. The number of rotatable bonds is 12. The van der Waals surface area contributed by atoms with Gasteiger partial charge in [-0.25, -0.2) is 4.39 Å². The fourth-order valence-electron chi connectivity index (χ4n) is 6.27. The van der Waals surface area contributed by atoms with Crippen LogP contribution in [0.5, 0.6) is 17.2 Å². The Balaban J connectivity index is 1.12. The third kappa shape index (κ3) is 8.22. The molecule has 1 aliphatic rings. The fraction of sp³-hybridized carbons (Fsp3) is 0.244. The molecule has 1 aliphatic heterocycles. The van der Waals surface area contributed by atoms with Crippen LogP contribution in [0.4, 0.5) is 4.39 Å². The number of carbonyl (C=O) groups excluding carboxylic acids is 1. The predicted molar refractivity (Wildman–Crippen MR) is 188 cm³/mol. The maximum absolute atomic E-state index is 14.3. The van der Waals surface area contributed by atoms with Crippen LogP contribution in [-0.4, -0.2) is 50.8 Å². The van der Waals surface area contributed by atoms with E-state index in [1.54, 1.807) is 38.5 Å². The quantitative estimate of drug-likeness (QED) is 0.148. The summed E-state index contributed by atoms with van der Waals surface area (Å²) in [5.74, 6) is 1.67. The maximum atomic E-state index is 14.3. The van der Waals surface area contributed by atoms with E-state index in [4.69, 9.17) is 14.2 Å². The van der Waals surface area contributed by atoms with Crippen LogP contribution in [0.2, 0.25) is 0 Å². The summed E-state index contributed by atoms with van der Waals surface area (Å²) in [5, 5.41) is 3.06. The average molecular weight is 645 g/mol. The Morgan fingerprint density at radius 2 is 1.54 bits per heavy atom. The van der Waals surface area contributed by atoms with Gasteiger partial charge in [0.15, 0.2) is 0 Å². The summed E-state index contributed by atoms with van der Waals surface area (Å²) in [4.78, 5) is 15.8. The van der Waals surface area contributed by atoms with Gasteiger partial charge in [-0.05, 0) is 102 Å². The van der Waals surface area contributed by atoms with Crippen molar-refractivity contribution in [3.63, 3.8) is 0 Å². The lowest BCUT2D eigenvalue weighted by atomic mass is 9.97. The van der Waals surface area contributed by atoms with Crippen molar-refractivity contribution in [3.8, 4) is 39.5 Å². The van der Waals surface area contributed by atoms with Crippen molar-refractivity contribution < 1.29 is 23.4 Å². The highest BCUT2D eigenvalue weighted by Gasteiger charge is 2.21. The standard InChI is InChI=1S/C41H41FN2O4/c1-46-36-13-7-11-32(25-36)39-26-33(15-17-40(39)47-2)41(45)43-21-18-30-14-16-37(27-38(30)31-10-6-12-34(42)24-31)48-35-19-22-44(23-20-35)28-29-8-4-3-5-9-29/h3-17,24-27,35H,18-23,28H2,1-2H3,(H,43,45). The summed E-state index contributed by atoms with van der Waals surface area (Å²) in [5.41, 5.74) is 6.21. The number of halogens is 1. The second-order valence-electron chi connectivity index (χ2n) is 12.1. The molecular formula is C41H41FN2O4. The molecule has 1 amide bonds. The lowest BCUT2D eigenvalue weighted by Crippen LogP contribution is -2.37. The second-order valence-corrected chi connectivity index (χ2v) is 12.1. The number of hydrogen-bond acceptors (Lipinski definition) is 5. The fourth-order valence-corrected chi connectivity index (χ4v) is 6.27. The topological polar surface area (TPSA) is 60.0 Å². The molecule has 6 rings (SSSR count). The summed E-state index contributed by atoms with van der Waals surface area (Å²) < 4.78 is 31.8. The first-order valence-electron chi connectivity index (χ1n) is 16.4. The van der Waals surface area contributed by atoms with Gasteiger partial charge in [0, 0.05) is 37.3 Å². The van der Waals surface area contributed by atoms with E-state index in [2.05, 4.69) is 34.5 Å². The van der Waals surface area contributed by atoms with E-state index in [1.807, 2.05) is 60.7 Å². The third-order valence-electron chi connectivity index (χ3n) is 8.83. The molecule has 6 nitrogen and oxygen atoms in total. The first-order valence-corrected chi connectivity index (χ1v) is 16.4. The van der Waals surface area contributed by atoms with Crippen molar-refractivity contribution >= 4 is 5.91 Å². The molecule has 0 aliphatic carbocycles. The summed E-state index contributed by atoms with van der Waals surface area (Å²) >= 11 is 0. The van der Waals surface area contributed by atoms with E-state index < -0.39 is 0 Å². The Kier molecular flexibility index (Phi) is 10.7. The van der Waals surface area contributed by atoms with Crippen molar-refractivity contribution in [1.82, 2.24) is 10.2 Å². The number of piperidine rings is 1. The molecule has 0 atom stereocenters. The molecule has 0 radical (unpaired) electrons. The van der Waals surface area contributed by atoms with Gasteiger partial charge in [0.25, 0.3) is 5.91 Å². The highest BCUT2D eigenvalue weighted by atomic mass is 19.1. The van der Waals surface area contributed by atoms with Crippen LogP contribution in [0.3, 0.4) is 0 Å². The molecule has 0 unspecified atom stereocenters. The third-order valence-corrected chi connectivity index (χ3v) is 8.83. The number of likely N-dealkylation sites (tertiary alicyclic amines) is 1. The van der Waals surface area contributed by atoms with Gasteiger partial charge >= 0.3 is 0 Å². The van der Waals surface area contributed by atoms with Gasteiger partial charge in [-0.15, -0.1) is 0 Å². The molecule has 0 aromatic heterocycles. The van der Waals surface area contributed by atoms with E-state index in [-0.39, 0.29) is 17.8 Å². The van der Waals surface area contributed by atoms with Crippen molar-refractivity contribution in [3.05, 3.63) is 138 Å². The molecule has 5 aromatic carbocycles. The van der Waals surface area contributed by atoms with Gasteiger partial charge in [0.2, 0.25) is 0 Å². The number of amides is 1. The minimum atomic E-state index is -0.296. The Bertz CT molecular complexity index is 1840. The smallest absolute Gasteiger partial charge is 0.251 e. The zero-order valence-electron chi connectivity index (χ0n) is 27.5. The molecule has 1 fully saturated rings. The van der Waals surface area contributed by atoms with Gasteiger partial charge in [-0.2, -0.15) is 0 Å². The summed E-state index contributed by atoms with van der Waals surface area (Å²) in [6.45, 7) is 3.30. The largest absolute Gasteiger partial charge is 0.497 e. The predicted octanol–water partition coefficient (Wildman–Crippen LogP) is 8.19. The normalized spacial score (nSPS) is 13.6. The number of benzene rings is 5. The summed E-state index contributed by atoms with van der Waals surface area (Å²) in [6, 6.07) is 36.2. The SMILES string of the molecule is COc1cccc(-c2cc(C(=O)NCCc3ccc(OC4CCN(Cc5ccccc5)CC4)cc3-c3cccc(F)c3)ccc2OC)c1. The van der Waals surface area contributed by atoms with Crippen LogP contribution in [0, 0.1) is 5.82 Å². The van der Waals surface area contributed by atoms with Crippen molar-refractivity contribution in [1.29, 1.82) is 0 Å². The molecule has 0 spiro atoms. The number of hydrogen-bond donors (Lipinski definition) is 1. The van der Waals surface area contributed by atoms with Crippen LogP contribution >= 0.6 is 0 Å². The summed E-state index contributed by atoms with van der Waals surface area (Å²) in [7, 11) is 3.23. The molecule has 0 saturated carbocycles. The van der Waals surface area contributed by atoms with E-state index in [1.165, 1.54) is 11.6 Å². The highest BCUT2D eigenvalue weighted by Crippen LogP contribution is 2.33. The number of nitrogens with one attached hydrogen (secondary N) is 1. The lowest BCUT2D eigenvalue weighted by molar-refractivity contribution is 0.0953. The van der Waals surface area contributed by atoms with Crippen molar-refractivity contribution in [2.45, 2.75) is 31.9 Å². The van der Waals surface area contributed by atoms with Crippen molar-refractivity contribution in [2.75, 3.05) is 33.9 Å². The number of nitrogens with zero attached hydrogens (tertiary/aromatic N) is 1. The molecule has 0 bridgehead atoms. The molecule has 5 aromatic rings. The minimum absolute atomic E-state index is 0.119. The van der Waals surface area contributed by atoms with E-state index in [0.717, 1.165) is 71.8 Å². The van der Waals surface area contributed by atoms with Crippen LogP contribution in [0.15, 0.2) is 115 Å². The number of carbonyl (C=O) groups is 1. The molecule has 7 heteroatoms. The van der Waals surface area contributed by atoms with Gasteiger partial charge in [-0.3, -0.25) is 9.69 Å². The van der Waals surface area contributed by atoms with Gasteiger partial charge in [0.05, 0.1) is 14.2 Å². The Labute approximate surface area is 282 Å². The first kappa shape index (κ1) is 32.8. The molecule has 1 heterocycles. The first-order chi connectivity index (χ1) is 23.5. The molecule has 48 heavy (non-hydrogen) atoms. The molecule has 246 valence electrons.